The number of benzene rings is 2. The predicted octanol–water partition coefficient (Wildman–Crippen LogP) is 1.62. The average Bonchev–Trinajstić information content (AvgIpc) is 2.61. The van der Waals surface area contributed by atoms with Crippen LogP contribution in [0.15, 0.2) is 66.4 Å². The molecule has 2 rings (SSSR count). The molecule has 122 valence electrons. The molecule has 0 aliphatic rings. The average molecular weight is 322 g/mol. The van der Waals surface area contributed by atoms with Crippen LogP contribution in [-0.2, 0) is 9.59 Å². The zero-order chi connectivity index (χ0) is 17.4. The molecule has 0 aliphatic heterocycles. The van der Waals surface area contributed by atoms with Crippen LogP contribution in [0.2, 0.25) is 0 Å². The molecule has 0 bridgehead atoms. The molecule has 0 saturated heterocycles. The van der Waals surface area contributed by atoms with Crippen LogP contribution in [0, 0.1) is 0 Å². The number of amides is 1. The molecule has 2 aromatic rings. The van der Waals surface area contributed by atoms with E-state index in [4.69, 9.17) is 4.74 Å². The quantitative estimate of drug-likeness (QED) is 0.820. The van der Waals surface area contributed by atoms with Gasteiger partial charge >= 0.3 is 0 Å². The van der Waals surface area contributed by atoms with Crippen molar-refractivity contribution in [1.82, 2.24) is 5.32 Å². The van der Waals surface area contributed by atoms with Gasteiger partial charge in [0.2, 0.25) is 5.91 Å². The Balaban J connectivity index is 2.10. The maximum Gasteiger partial charge on any atom is 0.248 e. The molecule has 0 heterocycles. The molecular weight excluding hydrogens is 306 g/mol. The molecule has 0 atom stereocenters. The minimum absolute atomic E-state index is 0.317. The van der Waals surface area contributed by atoms with Gasteiger partial charge in [-0.2, -0.15) is 0 Å². The van der Waals surface area contributed by atoms with Gasteiger partial charge in [0.25, 0.3) is 0 Å². The maximum absolute atomic E-state index is 11.9. The lowest BCUT2D eigenvalue weighted by molar-refractivity contribution is -0.299. The highest BCUT2D eigenvalue weighted by molar-refractivity contribution is 6.00. The molecule has 0 aliphatic carbocycles. The summed E-state index contributed by atoms with van der Waals surface area (Å²) < 4.78 is 5.03. The summed E-state index contributed by atoms with van der Waals surface area (Å²) in [7, 11) is 1.54. The van der Waals surface area contributed by atoms with Crippen LogP contribution in [-0.4, -0.2) is 19.0 Å². The van der Waals surface area contributed by atoms with E-state index >= 15 is 0 Å². The van der Waals surface area contributed by atoms with Crippen LogP contribution < -0.4 is 15.2 Å². The molecule has 0 spiro atoms. The molecule has 1 amide bonds. The fraction of sp³-hybridized carbons (Fsp3) is 0.0526. The lowest BCUT2D eigenvalue weighted by Crippen LogP contribution is -2.34. The standard InChI is InChI=1S/C19H17NO4/c1-24-16-10-7-15(8-11-16)13-17(19(22)23)20-18(21)12-9-14-5-3-2-4-6-14/h2-13H,1H3,(H,20,21)(H,22,23)/p-1/b12-9+,17-13+. The lowest BCUT2D eigenvalue weighted by atomic mass is 10.2. The summed E-state index contributed by atoms with van der Waals surface area (Å²) in [5.74, 6) is -1.37. The molecule has 0 radical (unpaired) electrons. The van der Waals surface area contributed by atoms with E-state index in [0.29, 0.717) is 11.3 Å². The Morgan fingerprint density at radius 3 is 2.25 bits per heavy atom. The summed E-state index contributed by atoms with van der Waals surface area (Å²) in [5, 5.41) is 13.5. The first-order chi connectivity index (χ1) is 11.6. The van der Waals surface area contributed by atoms with E-state index in [-0.39, 0.29) is 5.70 Å². The normalized spacial score (nSPS) is 11.3. The summed E-state index contributed by atoms with van der Waals surface area (Å²) in [6.07, 6.45) is 4.18. The Bertz CT molecular complexity index is 762. The Kier molecular flexibility index (Phi) is 5.91. The van der Waals surface area contributed by atoms with E-state index in [1.54, 1.807) is 30.3 Å². The molecule has 0 saturated carbocycles. The monoisotopic (exact) mass is 322 g/mol. The summed E-state index contributed by atoms with van der Waals surface area (Å²) in [6.45, 7) is 0. The summed E-state index contributed by atoms with van der Waals surface area (Å²) in [5.41, 5.74) is 1.12. The second-order valence-corrected chi connectivity index (χ2v) is 4.85. The fourth-order valence-corrected chi connectivity index (χ4v) is 1.92. The third kappa shape index (κ3) is 5.14. The van der Waals surface area contributed by atoms with Gasteiger partial charge in [0.05, 0.1) is 18.8 Å². The Hall–Kier alpha value is -3.34. The molecule has 5 nitrogen and oxygen atoms in total. The van der Waals surface area contributed by atoms with E-state index in [9.17, 15) is 14.7 Å². The Labute approximate surface area is 139 Å². The number of hydrogen-bond acceptors (Lipinski definition) is 4. The van der Waals surface area contributed by atoms with Crippen molar-refractivity contribution in [2.45, 2.75) is 0 Å². The van der Waals surface area contributed by atoms with Crippen LogP contribution in [0.25, 0.3) is 12.2 Å². The highest BCUT2D eigenvalue weighted by Gasteiger charge is 2.03. The molecular formula is C19H16NO4-. The van der Waals surface area contributed by atoms with Crippen molar-refractivity contribution in [1.29, 1.82) is 0 Å². The minimum Gasteiger partial charge on any atom is -0.543 e. The number of rotatable bonds is 6. The summed E-state index contributed by atoms with van der Waals surface area (Å²) >= 11 is 0. The van der Waals surface area contributed by atoms with Crippen molar-refractivity contribution in [3.05, 3.63) is 77.5 Å². The predicted molar refractivity (Wildman–Crippen MR) is 89.6 cm³/mol. The number of ether oxygens (including phenoxy) is 1. The maximum atomic E-state index is 11.9. The first-order valence-corrected chi connectivity index (χ1v) is 7.19. The van der Waals surface area contributed by atoms with Gasteiger partial charge in [0.15, 0.2) is 0 Å². The van der Waals surface area contributed by atoms with Crippen LogP contribution in [0.3, 0.4) is 0 Å². The molecule has 2 aromatic carbocycles. The van der Waals surface area contributed by atoms with Gasteiger partial charge in [0, 0.05) is 6.08 Å². The van der Waals surface area contributed by atoms with Crippen LogP contribution in [0.5, 0.6) is 5.75 Å². The molecule has 5 heteroatoms. The molecule has 0 unspecified atom stereocenters. The number of nitrogens with one attached hydrogen (secondary N) is 1. The van der Waals surface area contributed by atoms with Crippen molar-refractivity contribution in [3.8, 4) is 5.75 Å². The number of carbonyl (C=O) groups excluding carboxylic acids is 2. The zero-order valence-corrected chi connectivity index (χ0v) is 13.1. The first kappa shape index (κ1) is 17.0. The third-order valence-corrected chi connectivity index (χ3v) is 3.13. The number of carboxylic acids is 1. The van der Waals surface area contributed by atoms with Crippen LogP contribution in [0.1, 0.15) is 11.1 Å². The molecule has 0 fully saturated rings. The van der Waals surface area contributed by atoms with E-state index in [1.807, 2.05) is 30.3 Å². The van der Waals surface area contributed by atoms with Crippen molar-refractivity contribution in [3.63, 3.8) is 0 Å². The minimum atomic E-state index is -1.47. The van der Waals surface area contributed by atoms with Gasteiger partial charge in [-0.25, -0.2) is 0 Å². The van der Waals surface area contributed by atoms with Gasteiger partial charge in [-0.05, 0) is 35.4 Å². The van der Waals surface area contributed by atoms with Gasteiger partial charge < -0.3 is 20.0 Å². The number of carboxylic acid groups (broad SMARTS) is 1. The Morgan fingerprint density at radius 1 is 1.00 bits per heavy atom. The summed E-state index contributed by atoms with van der Waals surface area (Å²) in [4.78, 5) is 23.1. The molecule has 1 N–H and O–H groups in total. The van der Waals surface area contributed by atoms with Gasteiger partial charge in [-0.3, -0.25) is 4.79 Å². The topological polar surface area (TPSA) is 78.5 Å². The van der Waals surface area contributed by atoms with E-state index in [2.05, 4.69) is 5.32 Å². The van der Waals surface area contributed by atoms with Crippen molar-refractivity contribution < 1.29 is 19.4 Å². The van der Waals surface area contributed by atoms with Gasteiger partial charge in [-0.1, -0.05) is 42.5 Å². The first-order valence-electron chi connectivity index (χ1n) is 7.19. The van der Waals surface area contributed by atoms with Gasteiger partial charge in [-0.15, -0.1) is 0 Å². The highest BCUT2D eigenvalue weighted by atomic mass is 16.5. The highest BCUT2D eigenvalue weighted by Crippen LogP contribution is 2.13. The number of methoxy groups -OCH3 is 1. The molecule has 0 aromatic heterocycles. The number of carbonyl (C=O) groups is 2. The SMILES string of the molecule is COc1ccc(/C=C(/NC(=O)/C=C/c2ccccc2)C(=O)[O-])cc1. The van der Waals surface area contributed by atoms with Crippen LogP contribution in [0.4, 0.5) is 0 Å². The largest absolute Gasteiger partial charge is 0.543 e. The zero-order valence-electron chi connectivity index (χ0n) is 13.1. The lowest BCUT2D eigenvalue weighted by Gasteiger charge is -2.09. The Morgan fingerprint density at radius 2 is 1.67 bits per heavy atom. The number of hydrogen-bond donors (Lipinski definition) is 1. The van der Waals surface area contributed by atoms with Crippen LogP contribution >= 0.6 is 0 Å². The van der Waals surface area contributed by atoms with E-state index < -0.39 is 11.9 Å². The van der Waals surface area contributed by atoms with Gasteiger partial charge in [0.1, 0.15) is 5.75 Å². The third-order valence-electron chi connectivity index (χ3n) is 3.13. The molecule has 24 heavy (non-hydrogen) atoms. The van der Waals surface area contributed by atoms with Crippen molar-refractivity contribution in [2.24, 2.45) is 0 Å². The van der Waals surface area contributed by atoms with Crippen molar-refractivity contribution in [2.75, 3.05) is 7.11 Å². The fourth-order valence-electron chi connectivity index (χ4n) is 1.92. The van der Waals surface area contributed by atoms with Crippen molar-refractivity contribution >= 4 is 24.0 Å². The second kappa shape index (κ2) is 8.33. The van der Waals surface area contributed by atoms with E-state index in [0.717, 1.165) is 5.56 Å². The number of aliphatic carboxylic acids is 1. The van der Waals surface area contributed by atoms with E-state index in [1.165, 1.54) is 19.3 Å². The second-order valence-electron chi connectivity index (χ2n) is 4.85. The smallest absolute Gasteiger partial charge is 0.248 e. The summed E-state index contributed by atoms with van der Waals surface area (Å²) in [6, 6.07) is 15.9.